The standard InChI is InChI=1S/C14H25NO.2C13H25NO.3C12H17NO.2C10H19NO.8CH4/c1-5-7-9-11-14(15-4,13(3)16)12-10-8-6-2;2*1-5-6-7-8-9-10-11-13(3,14-4)12(2)15;1-9-4-6-11(7-5-9)8-12(13-3)10(2)14;1-9-5-4-6-11(7-9)8-12(13-3)10(2)14;1-9-6-4-5-7-11(9)8-12(13-3)10(2)14;2*1-5-6-7-8-10(3,11-4)9(2)12;;;;;;;;/h5-6,15H,1-2,7-12H2,3-4H3;2*5,14H,1,6-11H2,2-4H3;3*4-7,12-13H,8H2,1-3H3;2*5,11H,1,6-8H2,2-4H3;8*1H4/t;2*13-;3*12-;2*10-;;;;;;;;/m.1000010......../s1. The van der Waals surface area contributed by atoms with Crippen LogP contribution in [0.4, 0.5) is 0 Å². The number of unbranched alkanes of at least 4 members (excludes halogenated alkanes) is 12. The van der Waals surface area contributed by atoms with E-state index >= 15 is 0 Å². The van der Waals surface area contributed by atoms with Crippen LogP contribution in [-0.4, -0.2) is 148 Å². The number of hydrogen-bond donors (Lipinski definition) is 8. The number of hydrogen-bond acceptors (Lipinski definition) is 16. The summed E-state index contributed by atoms with van der Waals surface area (Å²) < 4.78 is 0. The molecule has 3 rings (SSSR count). The second-order valence-electron chi connectivity index (χ2n) is 30.5. The quantitative estimate of drug-likeness (QED) is 0.0194. The van der Waals surface area contributed by atoms with Gasteiger partial charge in [0.1, 0.15) is 46.3 Å². The summed E-state index contributed by atoms with van der Waals surface area (Å²) in [6.07, 6.45) is 39.0. The number of ketones is 8. The highest BCUT2D eigenvalue weighted by molar-refractivity contribution is 5.88. The summed E-state index contributed by atoms with van der Waals surface area (Å²) in [6.45, 7) is 49.3. The van der Waals surface area contributed by atoms with Gasteiger partial charge < -0.3 is 42.5 Å². The SMILES string of the molecule is C.C.C.C.C.C.C.C.C=CCCCC(CCCC=C)(NC)C(C)=O.C=CCCCCCC[C@@](C)(NC)C(C)=O.C=CCCCCCC[C@](C)(NC)C(C)=O.C=CCCC[C@@](C)(NC)C(C)=O.C=CCCC[C@](C)(NC)C(C)=O.CN[C@@H](Cc1ccc(C)cc1)C(C)=O.CN[C@@H](Cc1cccc(C)c1)C(C)=O.CN[C@@H](Cc1ccccc1C)C(C)=O. The van der Waals surface area contributed by atoms with Crippen molar-refractivity contribution in [3.63, 3.8) is 0 Å². The fraction of sp³-hybridized carbons (Fsp3) is 0.635. The molecule has 0 saturated heterocycles. The van der Waals surface area contributed by atoms with Crippen molar-refractivity contribution < 1.29 is 38.4 Å². The van der Waals surface area contributed by atoms with Gasteiger partial charge in [0.15, 0.2) is 0 Å². The molecule has 8 N–H and O–H groups in total. The molecule has 0 aliphatic heterocycles. The fourth-order valence-corrected chi connectivity index (χ4v) is 11.8. The zero-order chi connectivity index (χ0) is 86.8. The van der Waals surface area contributed by atoms with Crippen molar-refractivity contribution >= 4 is 46.3 Å². The van der Waals surface area contributed by atoms with Crippen LogP contribution in [0, 0.1) is 20.8 Å². The first-order valence-corrected chi connectivity index (χ1v) is 41.1. The number of allylic oxidation sites excluding steroid dienone is 6. The van der Waals surface area contributed by atoms with Crippen molar-refractivity contribution in [1.82, 2.24) is 42.5 Å². The normalized spacial score (nSPS) is 12.6. The van der Waals surface area contributed by atoms with Gasteiger partial charge in [-0.15, -0.1) is 39.5 Å². The van der Waals surface area contributed by atoms with Crippen molar-refractivity contribution in [2.24, 2.45) is 0 Å². The van der Waals surface area contributed by atoms with Crippen LogP contribution in [-0.2, 0) is 57.6 Å². The number of rotatable bonds is 52. The number of Topliss-reactive ketones (excluding diaryl/α,β-unsaturated/α-hetero) is 8. The lowest BCUT2D eigenvalue weighted by Gasteiger charge is -2.31. The van der Waals surface area contributed by atoms with Crippen LogP contribution in [0.3, 0.4) is 0 Å². The molecule has 0 heterocycles. The molecule has 0 amide bonds. The Morgan fingerprint density at radius 3 is 0.858 bits per heavy atom. The molecular weight excluding hydrogens is 1490 g/mol. The van der Waals surface area contributed by atoms with Gasteiger partial charge in [-0.25, -0.2) is 0 Å². The summed E-state index contributed by atoms with van der Waals surface area (Å²) in [4.78, 5) is 90.6. The second kappa shape index (κ2) is 85.7. The minimum atomic E-state index is -0.344. The molecule has 0 unspecified atom stereocenters. The van der Waals surface area contributed by atoms with E-state index in [1.54, 1.807) is 55.4 Å². The number of carbonyl (C=O) groups excluding carboxylic acids is 8. The van der Waals surface area contributed by atoms with Crippen LogP contribution in [0.1, 0.15) is 330 Å². The van der Waals surface area contributed by atoms with Gasteiger partial charge in [0.2, 0.25) is 0 Å². The molecule has 0 fully saturated rings. The summed E-state index contributed by atoms with van der Waals surface area (Å²) in [5.74, 6) is 1.68. The Morgan fingerprint density at radius 1 is 0.308 bits per heavy atom. The van der Waals surface area contributed by atoms with Gasteiger partial charge in [0.05, 0.1) is 45.8 Å². The molecule has 700 valence electrons. The first kappa shape index (κ1) is 142. The van der Waals surface area contributed by atoms with E-state index in [9.17, 15) is 38.4 Å². The van der Waals surface area contributed by atoms with Crippen LogP contribution in [0.2, 0.25) is 0 Å². The second-order valence-corrected chi connectivity index (χ2v) is 30.5. The molecule has 0 saturated carbocycles. The Morgan fingerprint density at radius 2 is 0.592 bits per heavy atom. The van der Waals surface area contributed by atoms with E-state index in [1.165, 1.54) is 71.9 Å². The van der Waals surface area contributed by atoms with E-state index in [4.69, 9.17) is 0 Å². The van der Waals surface area contributed by atoms with Gasteiger partial charge >= 0.3 is 0 Å². The minimum absolute atomic E-state index is 0. The van der Waals surface area contributed by atoms with Crippen molar-refractivity contribution in [3.8, 4) is 0 Å². The molecule has 0 aliphatic carbocycles. The van der Waals surface area contributed by atoms with Gasteiger partial charge in [0.25, 0.3) is 0 Å². The molecule has 0 spiro atoms. The maximum Gasteiger partial charge on any atom is 0.149 e. The molecular formula is C104H196N8O8. The molecule has 120 heavy (non-hydrogen) atoms. The van der Waals surface area contributed by atoms with Gasteiger partial charge in [-0.2, -0.15) is 0 Å². The number of carbonyl (C=O) groups is 8. The average molecular weight is 1690 g/mol. The van der Waals surface area contributed by atoms with Crippen LogP contribution >= 0.6 is 0 Å². The van der Waals surface area contributed by atoms with Gasteiger partial charge in [-0.1, -0.05) is 218 Å². The number of likely N-dealkylation sites (N-methyl/N-ethyl adjacent to an activating group) is 8. The lowest BCUT2D eigenvalue weighted by molar-refractivity contribution is -0.124. The summed E-state index contributed by atoms with van der Waals surface area (Å²) in [6, 6.07) is 24.5. The van der Waals surface area contributed by atoms with E-state index in [2.05, 4.69) is 157 Å². The Hall–Kier alpha value is -6.86. The van der Waals surface area contributed by atoms with Crippen molar-refractivity contribution in [2.75, 3.05) is 56.4 Å². The molecule has 3 aromatic carbocycles. The first-order valence-electron chi connectivity index (χ1n) is 41.1. The van der Waals surface area contributed by atoms with E-state index < -0.39 is 0 Å². The highest BCUT2D eigenvalue weighted by Gasteiger charge is 2.33. The molecule has 0 aromatic heterocycles. The summed E-state index contributed by atoms with van der Waals surface area (Å²) in [7, 11) is 14.7. The smallest absolute Gasteiger partial charge is 0.149 e. The third kappa shape index (κ3) is 67.7. The Balaban J connectivity index is -0.0000000983. The third-order valence-electron chi connectivity index (χ3n) is 21.6. The van der Waals surface area contributed by atoms with Crippen molar-refractivity contribution in [1.29, 1.82) is 0 Å². The van der Waals surface area contributed by atoms with Crippen LogP contribution in [0.5, 0.6) is 0 Å². The summed E-state index contributed by atoms with van der Waals surface area (Å²) in [5, 5.41) is 24.6. The zero-order valence-electron chi connectivity index (χ0n) is 75.2. The van der Waals surface area contributed by atoms with Crippen molar-refractivity contribution in [2.45, 2.75) is 382 Å². The Bertz CT molecular complexity index is 3030. The topological polar surface area (TPSA) is 233 Å². The molecule has 16 heteroatoms. The van der Waals surface area contributed by atoms with Gasteiger partial charge in [-0.3, -0.25) is 38.4 Å². The highest BCUT2D eigenvalue weighted by atomic mass is 16.2. The predicted octanol–water partition coefficient (Wildman–Crippen LogP) is 23.5. The van der Waals surface area contributed by atoms with E-state index in [-0.39, 0.29) is 151 Å². The van der Waals surface area contributed by atoms with Crippen LogP contribution < -0.4 is 42.5 Å². The lowest BCUT2D eigenvalue weighted by atomic mass is 9.84. The molecule has 0 bridgehead atoms. The molecule has 3 aromatic rings. The van der Waals surface area contributed by atoms with E-state index in [0.717, 1.165) is 135 Å². The fourth-order valence-electron chi connectivity index (χ4n) is 11.8. The number of nitrogens with one attached hydrogen (secondary N) is 8. The Kier molecular flexibility index (Phi) is 101. The molecule has 16 nitrogen and oxygen atoms in total. The van der Waals surface area contributed by atoms with E-state index in [0.29, 0.717) is 0 Å². The van der Waals surface area contributed by atoms with E-state index in [1.807, 2.05) is 139 Å². The van der Waals surface area contributed by atoms with Gasteiger partial charge in [-0.05, 0) is 317 Å². The minimum Gasteiger partial charge on any atom is -0.310 e. The van der Waals surface area contributed by atoms with Crippen LogP contribution in [0.25, 0.3) is 0 Å². The van der Waals surface area contributed by atoms with Crippen LogP contribution in [0.15, 0.2) is 149 Å². The third-order valence-corrected chi connectivity index (χ3v) is 21.6. The summed E-state index contributed by atoms with van der Waals surface area (Å²) in [5.41, 5.74) is 5.70. The number of aryl methyl sites for hydroxylation is 3. The maximum absolute atomic E-state index is 11.8. The van der Waals surface area contributed by atoms with Gasteiger partial charge in [0, 0.05) is 0 Å². The average Bonchev–Trinajstić information content (AvgIpc) is 0.855. The Labute approximate surface area is 744 Å². The number of benzene rings is 3. The lowest BCUT2D eigenvalue weighted by Crippen LogP contribution is -2.49. The summed E-state index contributed by atoms with van der Waals surface area (Å²) >= 11 is 0. The first-order chi connectivity index (χ1) is 52.8. The maximum atomic E-state index is 11.8. The van der Waals surface area contributed by atoms with Crippen molar-refractivity contribution in [3.05, 3.63) is 182 Å². The predicted molar refractivity (Wildman–Crippen MR) is 536 cm³/mol. The molecule has 0 aliphatic rings. The highest BCUT2D eigenvalue weighted by Crippen LogP contribution is 2.24. The molecule has 7 atom stereocenters. The largest absolute Gasteiger partial charge is 0.310 e. The monoisotopic (exact) mass is 1690 g/mol. The molecule has 0 radical (unpaired) electrons. The zero-order valence-corrected chi connectivity index (χ0v) is 75.2.